The van der Waals surface area contributed by atoms with Crippen LogP contribution >= 0.6 is 0 Å². The number of nitro groups is 1. The molecule has 2 rings (SSSR count). The topological polar surface area (TPSA) is 102 Å². The highest BCUT2D eigenvalue weighted by Gasteiger charge is 2.17. The van der Waals surface area contributed by atoms with Crippen molar-refractivity contribution in [2.24, 2.45) is 0 Å². The van der Waals surface area contributed by atoms with Crippen LogP contribution in [0.25, 0.3) is 0 Å². The molecule has 0 aliphatic rings. The zero-order chi connectivity index (χ0) is 17.9. The summed E-state index contributed by atoms with van der Waals surface area (Å²) in [5.41, 5.74) is 1.10. The summed E-state index contributed by atoms with van der Waals surface area (Å²) in [5, 5.41) is 20.7. The molecule has 0 bridgehead atoms. The summed E-state index contributed by atoms with van der Waals surface area (Å²) in [6, 6.07) is 5.21. The minimum absolute atomic E-state index is 0.0197. The van der Waals surface area contributed by atoms with Gasteiger partial charge in [-0.3, -0.25) is 19.6 Å². The van der Waals surface area contributed by atoms with Crippen LogP contribution in [0.2, 0.25) is 0 Å². The maximum atomic E-state index is 12.2. The second-order valence-electron chi connectivity index (χ2n) is 6.50. The number of aromatic nitrogens is 2. The second kappa shape index (κ2) is 6.69. The summed E-state index contributed by atoms with van der Waals surface area (Å²) in [6.07, 6.45) is 3.51. The molecule has 8 nitrogen and oxygen atoms in total. The van der Waals surface area contributed by atoms with Crippen LogP contribution in [0, 0.1) is 10.1 Å². The molecule has 1 aromatic carbocycles. The van der Waals surface area contributed by atoms with Gasteiger partial charge in [-0.15, -0.1) is 0 Å². The molecule has 0 saturated heterocycles. The summed E-state index contributed by atoms with van der Waals surface area (Å²) in [5.74, 6) is -0.243. The summed E-state index contributed by atoms with van der Waals surface area (Å²) < 4.78 is 1.82. The van der Waals surface area contributed by atoms with Crippen molar-refractivity contribution in [2.45, 2.75) is 39.3 Å². The predicted molar refractivity (Wildman–Crippen MR) is 92.0 cm³/mol. The smallest absolute Gasteiger partial charge is 0.269 e. The van der Waals surface area contributed by atoms with Gasteiger partial charge in [-0.05, 0) is 39.8 Å². The molecule has 0 fully saturated rings. The molecule has 24 heavy (non-hydrogen) atoms. The molecule has 1 atom stereocenters. The number of anilines is 2. The highest BCUT2D eigenvalue weighted by atomic mass is 16.6. The Morgan fingerprint density at radius 2 is 1.88 bits per heavy atom. The average Bonchev–Trinajstić information content (AvgIpc) is 2.96. The van der Waals surface area contributed by atoms with Crippen LogP contribution in [0.5, 0.6) is 0 Å². The molecule has 1 amide bonds. The number of hydrogen-bond acceptors (Lipinski definition) is 5. The van der Waals surface area contributed by atoms with Crippen LogP contribution < -0.4 is 10.6 Å². The normalized spacial score (nSPS) is 12.5. The standard InChI is InChI=1S/C16H21N5O3/c1-11(18-13-9-17-20(10-13)16(2,3)4)15(22)19-12-5-7-14(8-6-12)21(23)24/h5-11,18H,1-4H3,(H,19,22)/t11-/m0/s1. The predicted octanol–water partition coefficient (Wildman–Crippen LogP) is 2.99. The highest BCUT2D eigenvalue weighted by molar-refractivity contribution is 5.96. The van der Waals surface area contributed by atoms with Gasteiger partial charge in [-0.25, -0.2) is 0 Å². The van der Waals surface area contributed by atoms with Gasteiger partial charge >= 0.3 is 0 Å². The van der Waals surface area contributed by atoms with E-state index in [1.165, 1.54) is 24.3 Å². The molecule has 0 saturated carbocycles. The lowest BCUT2D eigenvalue weighted by atomic mass is 10.1. The lowest BCUT2D eigenvalue weighted by molar-refractivity contribution is -0.384. The monoisotopic (exact) mass is 331 g/mol. The fourth-order valence-electron chi connectivity index (χ4n) is 2.00. The van der Waals surface area contributed by atoms with E-state index in [9.17, 15) is 14.9 Å². The Morgan fingerprint density at radius 1 is 1.25 bits per heavy atom. The van der Waals surface area contributed by atoms with Gasteiger partial charge in [0.1, 0.15) is 6.04 Å². The quantitative estimate of drug-likeness (QED) is 0.648. The Bertz CT molecular complexity index is 731. The molecule has 1 heterocycles. The van der Waals surface area contributed by atoms with Crippen molar-refractivity contribution in [3.8, 4) is 0 Å². The minimum Gasteiger partial charge on any atom is -0.371 e. The number of carbonyl (C=O) groups is 1. The average molecular weight is 331 g/mol. The summed E-state index contributed by atoms with van der Waals surface area (Å²) in [4.78, 5) is 22.3. The van der Waals surface area contributed by atoms with Crippen LogP contribution in [-0.4, -0.2) is 26.7 Å². The number of non-ortho nitro benzene ring substituents is 1. The van der Waals surface area contributed by atoms with Gasteiger partial charge < -0.3 is 10.6 Å². The zero-order valence-corrected chi connectivity index (χ0v) is 14.1. The van der Waals surface area contributed by atoms with Crippen molar-refractivity contribution in [3.05, 3.63) is 46.8 Å². The number of nitro benzene ring substituents is 1. The lowest BCUT2D eigenvalue weighted by Gasteiger charge is -2.19. The lowest BCUT2D eigenvalue weighted by Crippen LogP contribution is -2.31. The van der Waals surface area contributed by atoms with Crippen LogP contribution in [0.15, 0.2) is 36.7 Å². The first kappa shape index (κ1) is 17.5. The van der Waals surface area contributed by atoms with E-state index in [1.54, 1.807) is 13.1 Å². The first-order valence-corrected chi connectivity index (χ1v) is 7.54. The van der Waals surface area contributed by atoms with E-state index in [1.807, 2.05) is 31.6 Å². The van der Waals surface area contributed by atoms with E-state index in [0.29, 0.717) is 5.69 Å². The molecule has 0 unspecified atom stereocenters. The largest absolute Gasteiger partial charge is 0.371 e. The van der Waals surface area contributed by atoms with Crippen molar-refractivity contribution in [3.63, 3.8) is 0 Å². The molecule has 0 aliphatic heterocycles. The van der Waals surface area contributed by atoms with Crippen LogP contribution in [-0.2, 0) is 10.3 Å². The number of hydrogen-bond donors (Lipinski definition) is 2. The van der Waals surface area contributed by atoms with E-state index in [2.05, 4.69) is 15.7 Å². The fourth-order valence-corrected chi connectivity index (χ4v) is 2.00. The van der Waals surface area contributed by atoms with Gasteiger partial charge in [0, 0.05) is 24.0 Å². The van der Waals surface area contributed by atoms with Crippen molar-refractivity contribution >= 4 is 23.0 Å². The number of nitrogens with zero attached hydrogens (tertiary/aromatic N) is 3. The van der Waals surface area contributed by atoms with Crippen molar-refractivity contribution in [2.75, 3.05) is 10.6 Å². The number of nitrogens with one attached hydrogen (secondary N) is 2. The van der Waals surface area contributed by atoms with E-state index in [0.717, 1.165) is 5.69 Å². The number of carbonyl (C=O) groups excluding carboxylic acids is 1. The minimum atomic E-state index is -0.488. The SMILES string of the molecule is C[C@H](Nc1cnn(C(C)(C)C)c1)C(=O)Nc1ccc([N+](=O)[O-])cc1. The number of rotatable bonds is 5. The number of benzene rings is 1. The van der Waals surface area contributed by atoms with Gasteiger partial charge in [0.2, 0.25) is 5.91 Å². The summed E-state index contributed by atoms with van der Waals surface area (Å²) in [6.45, 7) is 7.84. The Kier molecular flexibility index (Phi) is 4.87. The van der Waals surface area contributed by atoms with Crippen molar-refractivity contribution < 1.29 is 9.72 Å². The van der Waals surface area contributed by atoms with Gasteiger partial charge in [-0.2, -0.15) is 5.10 Å². The Hall–Kier alpha value is -2.90. The molecular weight excluding hydrogens is 310 g/mol. The molecule has 128 valence electrons. The third-order valence-electron chi connectivity index (χ3n) is 3.39. The van der Waals surface area contributed by atoms with E-state index >= 15 is 0 Å². The van der Waals surface area contributed by atoms with Crippen molar-refractivity contribution in [1.29, 1.82) is 0 Å². The summed E-state index contributed by atoms with van der Waals surface area (Å²) >= 11 is 0. The molecule has 0 aliphatic carbocycles. The third kappa shape index (κ3) is 4.31. The molecule has 2 aromatic rings. The Morgan fingerprint density at radius 3 is 2.38 bits per heavy atom. The number of amides is 1. The van der Waals surface area contributed by atoms with Crippen LogP contribution in [0.4, 0.5) is 17.1 Å². The van der Waals surface area contributed by atoms with Crippen LogP contribution in [0.3, 0.4) is 0 Å². The van der Waals surface area contributed by atoms with E-state index in [-0.39, 0.29) is 17.1 Å². The van der Waals surface area contributed by atoms with Gasteiger partial charge in [0.15, 0.2) is 0 Å². The fraction of sp³-hybridized carbons (Fsp3) is 0.375. The molecule has 0 spiro atoms. The summed E-state index contributed by atoms with van der Waals surface area (Å²) in [7, 11) is 0. The molecule has 0 radical (unpaired) electrons. The maximum absolute atomic E-state index is 12.2. The zero-order valence-electron chi connectivity index (χ0n) is 14.1. The maximum Gasteiger partial charge on any atom is 0.269 e. The van der Waals surface area contributed by atoms with E-state index < -0.39 is 11.0 Å². The molecular formula is C16H21N5O3. The highest BCUT2D eigenvalue weighted by Crippen LogP contribution is 2.18. The first-order chi connectivity index (χ1) is 11.2. The van der Waals surface area contributed by atoms with Crippen molar-refractivity contribution in [1.82, 2.24) is 9.78 Å². The molecule has 1 aromatic heterocycles. The Labute approximate surface area is 140 Å². The van der Waals surface area contributed by atoms with Gasteiger partial charge in [0.25, 0.3) is 5.69 Å². The van der Waals surface area contributed by atoms with Crippen LogP contribution in [0.1, 0.15) is 27.7 Å². The molecule has 8 heteroatoms. The third-order valence-corrected chi connectivity index (χ3v) is 3.39. The molecule has 2 N–H and O–H groups in total. The second-order valence-corrected chi connectivity index (χ2v) is 6.50. The Balaban J connectivity index is 1.97. The first-order valence-electron chi connectivity index (χ1n) is 7.54. The van der Waals surface area contributed by atoms with Gasteiger partial charge in [0.05, 0.1) is 22.3 Å². The van der Waals surface area contributed by atoms with E-state index in [4.69, 9.17) is 0 Å². The van der Waals surface area contributed by atoms with Gasteiger partial charge in [-0.1, -0.05) is 0 Å².